The molecule has 3 N–H and O–H groups in total. The molecule has 0 aliphatic heterocycles. The topological polar surface area (TPSA) is 167 Å². The number of phosphoric ester groups is 3. The average Bonchev–Trinajstić information content (AvgIpc) is 3.10. The summed E-state index contributed by atoms with van der Waals surface area (Å²) >= 11 is 0. The quantitative estimate of drug-likeness (QED) is 0.0997. The van der Waals surface area contributed by atoms with Crippen LogP contribution in [-0.2, 0) is 13.7 Å². The van der Waals surface area contributed by atoms with Crippen LogP contribution < -0.4 is 27.1 Å². The van der Waals surface area contributed by atoms with E-state index in [9.17, 15) is 28.4 Å². The fourth-order valence-electron chi connectivity index (χ4n) is 3.74. The maximum absolute atomic E-state index is 11.7. The van der Waals surface area contributed by atoms with Crippen LogP contribution in [0, 0.1) is 38.2 Å². The molecule has 0 radical (unpaired) electrons. The van der Waals surface area contributed by atoms with Gasteiger partial charge in [-0.15, -0.1) is 0 Å². The zero-order valence-corrected chi connectivity index (χ0v) is 31.7. The van der Waals surface area contributed by atoms with Gasteiger partial charge in [0.2, 0.25) is 0 Å². The van der Waals surface area contributed by atoms with Crippen LogP contribution in [0.1, 0.15) is 0 Å². The Labute approximate surface area is 331 Å². The summed E-state index contributed by atoms with van der Waals surface area (Å²) in [6.07, 6.45) is 0. The van der Waals surface area contributed by atoms with Crippen molar-refractivity contribution in [1.29, 1.82) is 0 Å². The standard InChI is InChI=1S/3C12H11O4P.Dy/c3*13-17(14,15-11-7-3-1-4-8-11)16-12-9-5-2-6-10-12;/h3*1-10H,(H,13,14);. The average molecular weight is 913 g/mol. The Balaban J connectivity index is 0.000000208. The summed E-state index contributed by atoms with van der Waals surface area (Å²) < 4.78 is 64.4. The molecule has 0 fully saturated rings. The maximum atomic E-state index is 11.7. The van der Waals surface area contributed by atoms with Crippen molar-refractivity contribution in [2.45, 2.75) is 0 Å². The second kappa shape index (κ2) is 21.5. The minimum Gasteiger partial charge on any atom is -0.395 e. The first kappa shape index (κ1) is 42.4. The van der Waals surface area contributed by atoms with Crippen molar-refractivity contribution in [3.05, 3.63) is 182 Å². The number of phosphoric acid groups is 3. The molecular weight excluding hydrogens is 880 g/mol. The molecule has 0 aliphatic carbocycles. The number of hydrogen-bond acceptors (Lipinski definition) is 9. The Morgan fingerprint density at radius 3 is 0.500 bits per heavy atom. The first-order chi connectivity index (χ1) is 24.5. The molecule has 0 aromatic heterocycles. The van der Waals surface area contributed by atoms with E-state index < -0.39 is 23.5 Å². The number of benzene rings is 6. The summed E-state index contributed by atoms with van der Waals surface area (Å²) in [5.41, 5.74) is 0. The molecule has 6 rings (SSSR count). The van der Waals surface area contributed by atoms with E-state index in [0.29, 0.717) is 0 Å². The van der Waals surface area contributed by atoms with E-state index in [1.165, 1.54) is 0 Å². The fourth-order valence-corrected chi connectivity index (χ4v) is 6.18. The summed E-state index contributed by atoms with van der Waals surface area (Å²) in [5.74, 6) is 1.72. The molecule has 0 heterocycles. The third-order valence-electron chi connectivity index (χ3n) is 5.78. The van der Waals surface area contributed by atoms with Gasteiger partial charge in [-0.3, -0.25) is 14.7 Å². The van der Waals surface area contributed by atoms with Gasteiger partial charge in [-0.2, -0.15) is 0 Å². The smallest absolute Gasteiger partial charge is 0.395 e. The Morgan fingerprint density at radius 1 is 0.269 bits per heavy atom. The van der Waals surface area contributed by atoms with Gasteiger partial charge in [-0.05, 0) is 72.8 Å². The maximum Gasteiger partial charge on any atom is 0.584 e. The van der Waals surface area contributed by atoms with E-state index in [1.54, 1.807) is 182 Å². The number of rotatable bonds is 12. The van der Waals surface area contributed by atoms with E-state index >= 15 is 0 Å². The van der Waals surface area contributed by atoms with Crippen molar-refractivity contribution >= 4 is 23.5 Å². The predicted molar refractivity (Wildman–Crippen MR) is 192 cm³/mol. The molecule has 6 aromatic carbocycles. The third-order valence-corrected chi connectivity index (χ3v) is 8.43. The molecule has 52 heavy (non-hydrogen) atoms. The van der Waals surface area contributed by atoms with Crippen LogP contribution in [0.3, 0.4) is 0 Å². The molecule has 0 amide bonds. The van der Waals surface area contributed by atoms with Gasteiger partial charge >= 0.3 is 23.5 Å². The molecule has 12 nitrogen and oxygen atoms in total. The predicted octanol–water partition coefficient (Wildman–Crippen LogP) is 9.73. The van der Waals surface area contributed by atoms with Gasteiger partial charge in [0.05, 0.1) is 0 Å². The SMILES string of the molecule is O=P(O)(Oc1ccccc1)Oc1ccccc1.O=P(O)(Oc1ccccc1)Oc1ccccc1.O=P(O)(Oc1ccccc1)Oc1ccccc1.[Dy]. The second-order valence-electron chi connectivity index (χ2n) is 9.83. The van der Waals surface area contributed by atoms with Gasteiger partial charge < -0.3 is 27.1 Å². The van der Waals surface area contributed by atoms with Crippen LogP contribution in [-0.4, -0.2) is 14.7 Å². The van der Waals surface area contributed by atoms with Crippen molar-refractivity contribution < 1.29 is 93.7 Å². The molecule has 0 aliphatic rings. The van der Waals surface area contributed by atoms with Crippen LogP contribution in [0.5, 0.6) is 34.5 Å². The molecule has 6 aromatic rings. The zero-order chi connectivity index (χ0) is 36.4. The van der Waals surface area contributed by atoms with E-state index in [-0.39, 0.29) is 72.7 Å². The Kier molecular flexibility index (Phi) is 17.5. The monoisotopic (exact) mass is 914 g/mol. The molecule has 0 unspecified atom stereocenters. The normalized spacial score (nSPS) is 10.7. The summed E-state index contributed by atoms with van der Waals surface area (Å²) in [6, 6.07) is 50.2. The van der Waals surface area contributed by atoms with Crippen molar-refractivity contribution in [3.8, 4) is 34.5 Å². The van der Waals surface area contributed by atoms with E-state index in [2.05, 4.69) is 0 Å². The number of hydrogen-bond donors (Lipinski definition) is 3. The molecule has 16 heteroatoms. The van der Waals surface area contributed by atoms with Gasteiger partial charge in [0.1, 0.15) is 34.5 Å². The summed E-state index contributed by atoms with van der Waals surface area (Å²) in [5, 5.41) is 0. The van der Waals surface area contributed by atoms with Crippen molar-refractivity contribution in [2.24, 2.45) is 0 Å². The van der Waals surface area contributed by atoms with Crippen molar-refractivity contribution in [3.63, 3.8) is 0 Å². The first-order valence-electron chi connectivity index (χ1n) is 14.9. The van der Waals surface area contributed by atoms with Crippen LogP contribution in [0.4, 0.5) is 0 Å². The molecule has 0 saturated heterocycles. The van der Waals surface area contributed by atoms with Crippen LogP contribution in [0.15, 0.2) is 182 Å². The molecule has 0 atom stereocenters. The molecule has 0 bridgehead atoms. The minimum atomic E-state index is -4.14. The first-order valence-corrected chi connectivity index (χ1v) is 19.4. The van der Waals surface area contributed by atoms with Gasteiger partial charge in [0.25, 0.3) is 0 Å². The van der Waals surface area contributed by atoms with Gasteiger partial charge in [0.15, 0.2) is 0 Å². The van der Waals surface area contributed by atoms with Crippen LogP contribution >= 0.6 is 23.5 Å². The van der Waals surface area contributed by atoms with Crippen LogP contribution in [0.2, 0.25) is 0 Å². The van der Waals surface area contributed by atoms with Gasteiger partial charge in [-0.1, -0.05) is 109 Å². The van der Waals surface area contributed by atoms with Crippen LogP contribution in [0.25, 0.3) is 0 Å². The molecule has 274 valence electrons. The molecular formula is C36H33DyO12P3. The molecule has 0 saturated carbocycles. The summed E-state index contributed by atoms with van der Waals surface area (Å²) in [7, 11) is -12.4. The number of para-hydroxylation sites is 6. The summed E-state index contributed by atoms with van der Waals surface area (Å²) in [6.45, 7) is 0. The van der Waals surface area contributed by atoms with Crippen molar-refractivity contribution in [2.75, 3.05) is 0 Å². The third kappa shape index (κ3) is 17.0. The fraction of sp³-hybridized carbons (Fsp3) is 0. The zero-order valence-electron chi connectivity index (χ0n) is 27.0. The second-order valence-corrected chi connectivity index (χ2v) is 13.7. The summed E-state index contributed by atoms with van der Waals surface area (Å²) in [4.78, 5) is 28.6. The van der Waals surface area contributed by atoms with E-state index in [0.717, 1.165) is 0 Å². The van der Waals surface area contributed by atoms with E-state index in [1.807, 2.05) is 0 Å². The largest absolute Gasteiger partial charge is 0.584 e. The Hall–Kier alpha value is -4.04. The van der Waals surface area contributed by atoms with E-state index in [4.69, 9.17) is 27.1 Å². The molecule has 0 spiro atoms. The minimum absolute atomic E-state index is 0. The van der Waals surface area contributed by atoms with Crippen molar-refractivity contribution in [1.82, 2.24) is 0 Å². The van der Waals surface area contributed by atoms with Gasteiger partial charge in [-0.25, -0.2) is 13.7 Å². The van der Waals surface area contributed by atoms with Gasteiger partial charge in [0, 0.05) is 38.2 Å². The Morgan fingerprint density at radius 2 is 0.385 bits per heavy atom. The Bertz CT molecular complexity index is 1640.